The molecule has 1 heterocycles. The van der Waals surface area contributed by atoms with Gasteiger partial charge in [-0.1, -0.05) is 46.3 Å². The molecule has 5 fully saturated rings. The normalized spacial score (nSPS) is 39.5. The molecule has 1 saturated heterocycles. The largest absolute Gasteiger partial charge is 0.463 e. The second kappa shape index (κ2) is 17.2. The van der Waals surface area contributed by atoms with Crippen molar-refractivity contribution < 1.29 is 61.9 Å². The van der Waals surface area contributed by atoms with E-state index in [2.05, 4.69) is 40.7 Å². The van der Waals surface area contributed by atoms with Crippen LogP contribution >= 0.6 is 0 Å². The molecule has 0 N–H and O–H groups in total. The van der Waals surface area contributed by atoms with E-state index in [-0.39, 0.29) is 69.8 Å². The molecule has 5 rings (SSSR count). The van der Waals surface area contributed by atoms with Gasteiger partial charge in [0.25, 0.3) is 0 Å². The predicted octanol–water partition coefficient (Wildman–Crippen LogP) is 7.39. The number of hydrogen-bond acceptors (Lipinski definition) is 13. The topological polar surface area (TPSA) is 167 Å². The van der Waals surface area contributed by atoms with Crippen molar-refractivity contribution in [2.45, 2.75) is 190 Å². The van der Waals surface area contributed by atoms with Crippen LogP contribution in [-0.2, 0) is 61.9 Å². The molecule has 5 aliphatic rings. The standard InChI is InChI=1S/C46H70O13/c1-25(2)15-14-19-46(13,59-41-40(57-30(7)51)39(56-29(6)50)38(55-28(5)49)33(58-41)24-53-26(3)47)31-16-21-45(12)37(31)32(52)23-35-43(10)20-18-36(54-27(4)48)42(8,9)34(43)17-22-44(35,45)11/h15,31,33-41H,14,16-24H2,1-13H3/t31-,33+,34-,35+,36-,37-,38+,39-,40+,41-,43-,44+,45+,46-/m0/s1. The number of ether oxygens (including phenoxy) is 7. The number of carbonyl (C=O) groups excluding carboxylic acids is 6. The van der Waals surface area contributed by atoms with Crippen molar-refractivity contribution in [2.75, 3.05) is 6.61 Å². The average molecular weight is 831 g/mol. The van der Waals surface area contributed by atoms with E-state index in [9.17, 15) is 24.0 Å². The van der Waals surface area contributed by atoms with Gasteiger partial charge in [-0.3, -0.25) is 28.8 Å². The van der Waals surface area contributed by atoms with E-state index in [1.54, 1.807) is 0 Å². The van der Waals surface area contributed by atoms with Crippen LogP contribution < -0.4 is 0 Å². The fourth-order valence-corrected chi connectivity index (χ4v) is 13.0. The zero-order chi connectivity index (χ0) is 44.0. The highest BCUT2D eigenvalue weighted by Crippen LogP contribution is 2.75. The van der Waals surface area contributed by atoms with Crippen LogP contribution in [0.15, 0.2) is 11.6 Å². The van der Waals surface area contributed by atoms with Gasteiger partial charge in [0.05, 0.1) is 5.60 Å². The summed E-state index contributed by atoms with van der Waals surface area (Å²) in [4.78, 5) is 77.0. The summed E-state index contributed by atoms with van der Waals surface area (Å²) in [5.74, 6) is -3.00. The summed E-state index contributed by atoms with van der Waals surface area (Å²) in [6.45, 7) is 23.5. The number of carbonyl (C=O) groups is 6. The van der Waals surface area contributed by atoms with Crippen molar-refractivity contribution in [3.8, 4) is 0 Å². The van der Waals surface area contributed by atoms with Crippen molar-refractivity contribution in [3.05, 3.63) is 11.6 Å². The number of ketones is 1. The van der Waals surface area contributed by atoms with E-state index in [0.29, 0.717) is 25.7 Å². The third-order valence-electron chi connectivity index (χ3n) is 15.7. The highest BCUT2D eigenvalue weighted by atomic mass is 16.7. The quantitative estimate of drug-likeness (QED) is 0.109. The molecule has 0 amide bonds. The van der Waals surface area contributed by atoms with Crippen molar-refractivity contribution >= 4 is 35.6 Å². The Balaban J connectivity index is 1.55. The monoisotopic (exact) mass is 830 g/mol. The van der Waals surface area contributed by atoms with E-state index < -0.39 is 60.2 Å². The molecular weight excluding hydrogens is 760 g/mol. The molecular formula is C46H70O13. The van der Waals surface area contributed by atoms with Crippen molar-refractivity contribution in [1.82, 2.24) is 0 Å². The Morgan fingerprint density at radius 1 is 0.712 bits per heavy atom. The number of rotatable bonds is 12. The van der Waals surface area contributed by atoms with Gasteiger partial charge in [-0.25, -0.2) is 0 Å². The highest BCUT2D eigenvalue weighted by Gasteiger charge is 2.72. The van der Waals surface area contributed by atoms with Crippen LogP contribution in [0.4, 0.5) is 0 Å². The van der Waals surface area contributed by atoms with Gasteiger partial charge >= 0.3 is 29.8 Å². The van der Waals surface area contributed by atoms with Gasteiger partial charge in [0.1, 0.15) is 24.6 Å². The summed E-state index contributed by atoms with van der Waals surface area (Å²) in [5, 5.41) is 0. The lowest BCUT2D eigenvalue weighted by molar-refractivity contribution is -0.336. The molecule has 13 heteroatoms. The fraction of sp³-hybridized carbons (Fsp3) is 0.826. The summed E-state index contributed by atoms with van der Waals surface area (Å²) in [7, 11) is 0. The molecule has 0 aromatic rings. The summed E-state index contributed by atoms with van der Waals surface area (Å²) in [6.07, 6.45) is 1.96. The summed E-state index contributed by atoms with van der Waals surface area (Å²) < 4.78 is 42.1. The third-order valence-corrected chi connectivity index (χ3v) is 15.7. The molecule has 0 unspecified atom stereocenters. The van der Waals surface area contributed by atoms with Crippen LogP contribution in [0.1, 0.15) is 148 Å². The molecule has 14 atom stereocenters. The van der Waals surface area contributed by atoms with Crippen LogP contribution in [0.5, 0.6) is 0 Å². The molecule has 0 radical (unpaired) electrons. The van der Waals surface area contributed by atoms with Gasteiger partial charge in [0.15, 0.2) is 24.6 Å². The van der Waals surface area contributed by atoms with Gasteiger partial charge < -0.3 is 33.2 Å². The van der Waals surface area contributed by atoms with Gasteiger partial charge in [0, 0.05) is 52.4 Å². The zero-order valence-electron chi connectivity index (χ0n) is 37.7. The summed E-state index contributed by atoms with van der Waals surface area (Å²) >= 11 is 0. The van der Waals surface area contributed by atoms with Crippen molar-refractivity contribution in [3.63, 3.8) is 0 Å². The first kappa shape index (κ1) is 46.7. The maximum atomic E-state index is 15.1. The van der Waals surface area contributed by atoms with Crippen LogP contribution in [0.2, 0.25) is 0 Å². The van der Waals surface area contributed by atoms with Gasteiger partial charge in [-0.2, -0.15) is 0 Å². The minimum atomic E-state index is -1.38. The number of Topliss-reactive ketones (excluding diaryl/α,β-unsaturated/α-hetero) is 1. The van der Waals surface area contributed by atoms with Crippen LogP contribution in [0.25, 0.3) is 0 Å². The van der Waals surface area contributed by atoms with Gasteiger partial charge in [-0.05, 0) is 106 Å². The van der Waals surface area contributed by atoms with E-state index >= 15 is 4.79 Å². The molecule has 1 aliphatic heterocycles. The second-order valence-electron chi connectivity index (χ2n) is 20.1. The second-order valence-corrected chi connectivity index (χ2v) is 20.1. The Hall–Kier alpha value is -3.32. The highest BCUT2D eigenvalue weighted by molar-refractivity contribution is 5.84. The lowest BCUT2D eigenvalue weighted by Crippen LogP contribution is -2.66. The lowest BCUT2D eigenvalue weighted by atomic mass is 9.35. The Morgan fingerprint density at radius 2 is 1.29 bits per heavy atom. The van der Waals surface area contributed by atoms with E-state index in [4.69, 9.17) is 33.2 Å². The number of fused-ring (bicyclic) bond motifs is 5. The molecule has 0 aromatic heterocycles. The molecule has 59 heavy (non-hydrogen) atoms. The Kier molecular flexibility index (Phi) is 13.6. The summed E-state index contributed by atoms with van der Waals surface area (Å²) in [6, 6.07) is 0. The molecule has 4 aliphatic carbocycles. The first-order valence-electron chi connectivity index (χ1n) is 21.6. The first-order chi connectivity index (χ1) is 27.3. The molecule has 13 nitrogen and oxygen atoms in total. The van der Waals surface area contributed by atoms with E-state index in [1.165, 1.54) is 34.6 Å². The molecule has 0 spiro atoms. The predicted molar refractivity (Wildman–Crippen MR) is 215 cm³/mol. The van der Waals surface area contributed by atoms with Gasteiger partial charge in [0.2, 0.25) is 0 Å². The Morgan fingerprint density at radius 3 is 1.86 bits per heavy atom. The summed E-state index contributed by atoms with van der Waals surface area (Å²) in [5.41, 5.74) is -0.845. The third kappa shape index (κ3) is 8.89. The van der Waals surface area contributed by atoms with Crippen LogP contribution in [0, 0.1) is 45.3 Å². The lowest BCUT2D eigenvalue weighted by Gasteiger charge is -2.69. The maximum absolute atomic E-state index is 15.1. The first-order valence-corrected chi connectivity index (χ1v) is 21.6. The Labute approximate surface area is 350 Å². The van der Waals surface area contributed by atoms with Crippen LogP contribution in [-0.4, -0.2) is 84.6 Å². The zero-order valence-corrected chi connectivity index (χ0v) is 37.7. The molecule has 0 aromatic carbocycles. The minimum Gasteiger partial charge on any atom is -0.463 e. The van der Waals surface area contributed by atoms with Crippen molar-refractivity contribution in [1.29, 1.82) is 0 Å². The van der Waals surface area contributed by atoms with Crippen LogP contribution in [0.3, 0.4) is 0 Å². The Bertz CT molecular complexity index is 1680. The van der Waals surface area contributed by atoms with Gasteiger partial charge in [-0.15, -0.1) is 0 Å². The molecule has 332 valence electrons. The minimum absolute atomic E-state index is 0.132. The number of esters is 5. The van der Waals surface area contributed by atoms with E-state index in [1.807, 2.05) is 20.8 Å². The fourth-order valence-electron chi connectivity index (χ4n) is 13.0. The molecule has 0 bridgehead atoms. The SMILES string of the molecule is CC(=O)OC[C@H]1O[C@@H](O[C@@](C)(CCC=C(C)C)[C@H]2CC[C@]3(C)[C@@H]2C(=O)C[C@@H]2[C@@]4(C)CC[C@H](OC(C)=O)C(C)(C)[C@@H]4CC[C@]23C)[C@H](OC(C)=O)[C@@H](OC(C)=O)[C@@H]1OC(C)=O. The number of allylic oxidation sites excluding steroid dienone is 2. The smallest absolute Gasteiger partial charge is 0.303 e. The van der Waals surface area contributed by atoms with Crippen molar-refractivity contribution in [2.24, 2.45) is 45.3 Å². The molecule has 4 saturated carbocycles. The maximum Gasteiger partial charge on any atom is 0.303 e. The van der Waals surface area contributed by atoms with E-state index in [0.717, 1.165) is 37.7 Å². The number of hydrogen-bond donors (Lipinski definition) is 0. The average Bonchev–Trinajstić information content (AvgIpc) is 3.48.